The Bertz CT molecular complexity index is 992. The van der Waals surface area contributed by atoms with Crippen LogP contribution in [0.1, 0.15) is 39.5 Å². The third-order valence-corrected chi connectivity index (χ3v) is 6.39. The van der Waals surface area contributed by atoms with Crippen molar-refractivity contribution in [2.45, 2.75) is 50.0 Å². The van der Waals surface area contributed by atoms with Gasteiger partial charge in [0.25, 0.3) is 0 Å². The van der Waals surface area contributed by atoms with Crippen LogP contribution in [0.3, 0.4) is 0 Å². The second kappa shape index (κ2) is 11.1. The molecule has 0 aliphatic heterocycles. The number of halogens is 1. The summed E-state index contributed by atoms with van der Waals surface area (Å²) in [7, 11) is -2.33. The van der Waals surface area contributed by atoms with Crippen LogP contribution in [-0.4, -0.2) is 43.4 Å². The fourth-order valence-electron chi connectivity index (χ4n) is 3.21. The number of hydrogen-bond donors (Lipinski definition) is 5. The average Bonchev–Trinajstić information content (AvgIpc) is 3.19. The molecule has 0 amide bonds. The smallest absolute Gasteiger partial charge is 0.324 e. The molecular formula is C19H28ClN5O4S. The minimum absolute atomic E-state index is 0.0203. The molecule has 0 bridgehead atoms. The lowest BCUT2D eigenvalue weighted by molar-refractivity contribution is -0.143. The molecule has 2 aromatic rings. The fraction of sp³-hybridized carbons (Fsp3) is 0.421. The van der Waals surface area contributed by atoms with E-state index in [2.05, 4.69) is 20.8 Å². The van der Waals surface area contributed by atoms with Gasteiger partial charge in [0.15, 0.2) is 0 Å². The van der Waals surface area contributed by atoms with Crippen LogP contribution in [0.5, 0.6) is 0 Å². The molecule has 11 heteroatoms. The van der Waals surface area contributed by atoms with Crippen LogP contribution in [0.25, 0.3) is 10.8 Å². The van der Waals surface area contributed by atoms with Crippen LogP contribution >= 0.6 is 11.6 Å². The van der Waals surface area contributed by atoms with Gasteiger partial charge < -0.3 is 16.2 Å². The number of nitrogens with two attached hydrogens (primary N) is 1. The summed E-state index contributed by atoms with van der Waals surface area (Å²) in [4.78, 5) is 15.7. The summed E-state index contributed by atoms with van der Waals surface area (Å²) < 4.78 is 28.0. The Morgan fingerprint density at radius 2 is 1.87 bits per heavy atom. The first-order chi connectivity index (χ1) is 14.2. The van der Waals surface area contributed by atoms with E-state index in [1.54, 1.807) is 13.1 Å². The Morgan fingerprint density at radius 3 is 2.37 bits per heavy atom. The minimum atomic E-state index is -4.01. The van der Waals surface area contributed by atoms with Gasteiger partial charge in [0.2, 0.25) is 10.0 Å². The number of carboxylic acid groups (broad SMARTS) is 1. The standard InChI is InChI=1S/C16H18ClN3O4S.C2H6.CH4N2/c1-18-14-12-8-10(4-5-11(12)13(17)9-19-14)25(23,24)20-16(15(21)22)6-2-3-7-16;1-2;2-1-3/h4-5,8-9,20H,2-3,6-7H2,1H3,(H,18,19)(H,21,22);1-2H3;1H,(H3,2,3). The van der Waals surface area contributed by atoms with Crippen LogP contribution < -0.4 is 15.8 Å². The zero-order chi connectivity index (χ0) is 22.9. The molecule has 1 aromatic heterocycles. The van der Waals surface area contributed by atoms with E-state index in [0.717, 1.165) is 6.34 Å². The van der Waals surface area contributed by atoms with Crippen LogP contribution in [0, 0.1) is 5.41 Å². The molecule has 1 aliphatic carbocycles. The molecule has 1 fully saturated rings. The largest absolute Gasteiger partial charge is 0.480 e. The predicted molar refractivity (Wildman–Crippen MR) is 120 cm³/mol. The lowest BCUT2D eigenvalue weighted by Gasteiger charge is -2.25. The van der Waals surface area contributed by atoms with Gasteiger partial charge in [-0.2, -0.15) is 4.72 Å². The van der Waals surface area contributed by atoms with Gasteiger partial charge in [-0.25, -0.2) is 13.4 Å². The number of benzene rings is 1. The van der Waals surface area contributed by atoms with Crippen molar-refractivity contribution in [3.63, 3.8) is 0 Å². The third kappa shape index (κ3) is 5.59. The van der Waals surface area contributed by atoms with Crippen molar-refractivity contribution in [3.05, 3.63) is 29.4 Å². The number of pyridine rings is 1. The second-order valence-electron chi connectivity index (χ2n) is 6.28. The number of fused-ring (bicyclic) bond motifs is 1. The molecule has 0 atom stereocenters. The van der Waals surface area contributed by atoms with Crippen molar-refractivity contribution in [1.82, 2.24) is 9.71 Å². The number of hydrogen-bond acceptors (Lipinski definition) is 6. The molecular weight excluding hydrogens is 430 g/mol. The van der Waals surface area contributed by atoms with Gasteiger partial charge in [-0.3, -0.25) is 10.2 Å². The third-order valence-electron chi connectivity index (χ3n) is 4.55. The molecule has 166 valence electrons. The van der Waals surface area contributed by atoms with E-state index >= 15 is 0 Å². The van der Waals surface area contributed by atoms with E-state index in [-0.39, 0.29) is 17.7 Å². The summed E-state index contributed by atoms with van der Waals surface area (Å²) in [6.07, 6.45) is 4.15. The van der Waals surface area contributed by atoms with Crippen molar-refractivity contribution in [2.75, 3.05) is 12.4 Å². The van der Waals surface area contributed by atoms with Gasteiger partial charge in [-0.15, -0.1) is 0 Å². The molecule has 30 heavy (non-hydrogen) atoms. The maximum Gasteiger partial charge on any atom is 0.324 e. The Hall–Kier alpha value is -2.43. The number of sulfonamides is 1. The Labute approximate surface area is 181 Å². The van der Waals surface area contributed by atoms with Gasteiger partial charge in [0.05, 0.1) is 16.3 Å². The highest BCUT2D eigenvalue weighted by Gasteiger charge is 2.44. The van der Waals surface area contributed by atoms with Crippen molar-refractivity contribution in [3.8, 4) is 0 Å². The summed E-state index contributed by atoms with van der Waals surface area (Å²) >= 11 is 6.12. The van der Waals surface area contributed by atoms with Crippen molar-refractivity contribution in [1.29, 1.82) is 5.41 Å². The lowest BCUT2D eigenvalue weighted by Crippen LogP contribution is -2.52. The number of aliphatic carboxylic acids is 1. The molecule has 1 saturated carbocycles. The molecule has 0 unspecified atom stereocenters. The van der Waals surface area contributed by atoms with Gasteiger partial charge in [-0.05, 0) is 25.0 Å². The topological polar surface area (TPSA) is 158 Å². The molecule has 1 aliphatic rings. The van der Waals surface area contributed by atoms with Crippen molar-refractivity contribution in [2.24, 2.45) is 5.73 Å². The lowest BCUT2D eigenvalue weighted by atomic mass is 10.0. The normalized spacial score (nSPS) is 14.7. The molecule has 1 aromatic carbocycles. The van der Waals surface area contributed by atoms with Gasteiger partial charge >= 0.3 is 5.97 Å². The SMILES string of the molecule is CC.CNc1ncc(Cl)c2ccc(S(=O)(=O)NC3(C(=O)O)CCCC3)cc12.N=CN. The quantitative estimate of drug-likeness (QED) is 0.340. The van der Waals surface area contributed by atoms with E-state index in [1.165, 1.54) is 18.3 Å². The Balaban J connectivity index is 0.000000826. The Morgan fingerprint density at radius 1 is 1.30 bits per heavy atom. The van der Waals surface area contributed by atoms with E-state index in [0.29, 0.717) is 34.5 Å². The van der Waals surface area contributed by atoms with Crippen LogP contribution in [0.2, 0.25) is 5.02 Å². The van der Waals surface area contributed by atoms with Crippen molar-refractivity contribution >= 4 is 50.5 Å². The first-order valence-electron chi connectivity index (χ1n) is 9.45. The van der Waals surface area contributed by atoms with E-state index in [9.17, 15) is 18.3 Å². The fourth-order valence-corrected chi connectivity index (χ4v) is 4.87. The van der Waals surface area contributed by atoms with E-state index in [4.69, 9.17) is 17.0 Å². The Kier molecular flexibility index (Phi) is 9.47. The summed E-state index contributed by atoms with van der Waals surface area (Å²) in [5, 5.41) is 19.9. The summed E-state index contributed by atoms with van der Waals surface area (Å²) in [5.74, 6) is -0.653. The minimum Gasteiger partial charge on any atom is -0.480 e. The van der Waals surface area contributed by atoms with E-state index in [1.807, 2.05) is 13.8 Å². The highest BCUT2D eigenvalue weighted by atomic mass is 35.5. The molecule has 1 heterocycles. The number of anilines is 1. The first kappa shape index (κ1) is 25.6. The maximum atomic E-state index is 12.8. The van der Waals surface area contributed by atoms with Gasteiger partial charge in [-0.1, -0.05) is 44.4 Å². The number of rotatable bonds is 5. The van der Waals surface area contributed by atoms with E-state index < -0.39 is 21.5 Å². The molecule has 6 N–H and O–H groups in total. The zero-order valence-electron chi connectivity index (χ0n) is 17.2. The maximum absolute atomic E-state index is 12.8. The highest BCUT2D eigenvalue weighted by Crippen LogP contribution is 2.33. The van der Waals surface area contributed by atoms with Gasteiger partial charge in [0, 0.05) is 24.0 Å². The van der Waals surface area contributed by atoms with Crippen LogP contribution in [-0.2, 0) is 14.8 Å². The number of carbonyl (C=O) groups is 1. The summed E-state index contributed by atoms with van der Waals surface area (Å²) in [6, 6.07) is 4.46. The summed E-state index contributed by atoms with van der Waals surface area (Å²) in [6.45, 7) is 4.00. The first-order valence-corrected chi connectivity index (χ1v) is 11.3. The number of nitrogens with one attached hydrogen (secondary N) is 3. The molecule has 0 saturated heterocycles. The monoisotopic (exact) mass is 457 g/mol. The average molecular weight is 458 g/mol. The van der Waals surface area contributed by atoms with Crippen LogP contribution in [0.4, 0.5) is 5.82 Å². The summed E-state index contributed by atoms with van der Waals surface area (Å²) in [5.41, 5.74) is 2.95. The molecule has 9 nitrogen and oxygen atoms in total. The van der Waals surface area contributed by atoms with Gasteiger partial charge in [0.1, 0.15) is 11.4 Å². The van der Waals surface area contributed by atoms with Crippen LogP contribution in [0.15, 0.2) is 29.3 Å². The predicted octanol–water partition coefficient (Wildman–Crippen LogP) is 3.18. The number of nitrogens with zero attached hydrogens (tertiary/aromatic N) is 1. The zero-order valence-corrected chi connectivity index (χ0v) is 18.8. The number of carboxylic acids is 1. The second-order valence-corrected chi connectivity index (χ2v) is 8.37. The van der Waals surface area contributed by atoms with Crippen molar-refractivity contribution < 1.29 is 18.3 Å². The highest BCUT2D eigenvalue weighted by molar-refractivity contribution is 7.89. The molecule has 3 rings (SSSR count). The molecule has 0 radical (unpaired) electrons. The number of aromatic nitrogens is 1. The molecule has 0 spiro atoms.